The molecule has 1 amide bonds. The average molecular weight is 297 g/mol. The molecule has 0 saturated heterocycles. The summed E-state index contributed by atoms with van der Waals surface area (Å²) in [6.45, 7) is 0. The van der Waals surface area contributed by atoms with Gasteiger partial charge in [-0.2, -0.15) is 0 Å². The van der Waals surface area contributed by atoms with Crippen molar-refractivity contribution in [1.29, 1.82) is 0 Å². The summed E-state index contributed by atoms with van der Waals surface area (Å²) in [5.74, 6) is -0.223. The van der Waals surface area contributed by atoms with Gasteiger partial charge in [-0.05, 0) is 23.6 Å². The van der Waals surface area contributed by atoms with Crippen LogP contribution in [0, 0.1) is 10.1 Å². The number of nitrogens with one attached hydrogen (secondary N) is 1. The van der Waals surface area contributed by atoms with Gasteiger partial charge in [-0.3, -0.25) is 14.9 Å². The van der Waals surface area contributed by atoms with Crippen LogP contribution >= 0.6 is 22.9 Å². The maximum absolute atomic E-state index is 11.7. The van der Waals surface area contributed by atoms with Crippen molar-refractivity contribution in [3.63, 3.8) is 0 Å². The van der Waals surface area contributed by atoms with Crippen LogP contribution in [-0.4, -0.2) is 10.8 Å². The van der Waals surface area contributed by atoms with Crippen LogP contribution in [0.4, 0.5) is 11.4 Å². The van der Waals surface area contributed by atoms with Crippen LogP contribution in [0.3, 0.4) is 0 Å². The van der Waals surface area contributed by atoms with Gasteiger partial charge in [0, 0.05) is 16.6 Å². The number of benzene rings is 1. The lowest BCUT2D eigenvalue weighted by Gasteiger charge is -2.04. The normalized spacial score (nSPS) is 10.2. The van der Waals surface area contributed by atoms with Crippen LogP contribution in [0.1, 0.15) is 4.88 Å². The lowest BCUT2D eigenvalue weighted by molar-refractivity contribution is -0.384. The molecule has 0 atom stereocenters. The van der Waals surface area contributed by atoms with Crippen molar-refractivity contribution in [3.05, 3.63) is 55.7 Å². The van der Waals surface area contributed by atoms with E-state index in [4.69, 9.17) is 11.6 Å². The molecule has 0 unspecified atom stereocenters. The Kier molecular flexibility index (Phi) is 4.13. The smallest absolute Gasteiger partial charge is 0.289 e. The monoisotopic (exact) mass is 296 g/mol. The fraction of sp³-hybridized carbons (Fsp3) is 0.0833. The molecule has 0 aliphatic carbocycles. The molecule has 1 aromatic carbocycles. The van der Waals surface area contributed by atoms with Crippen LogP contribution in [0.5, 0.6) is 0 Å². The number of rotatable bonds is 4. The van der Waals surface area contributed by atoms with Crippen molar-refractivity contribution in [2.24, 2.45) is 0 Å². The molecule has 0 saturated carbocycles. The summed E-state index contributed by atoms with van der Waals surface area (Å²) in [7, 11) is 0. The minimum Gasteiger partial charge on any atom is -0.326 e. The highest BCUT2D eigenvalue weighted by molar-refractivity contribution is 7.10. The number of carbonyl (C=O) groups is 1. The fourth-order valence-electron chi connectivity index (χ4n) is 1.51. The molecular formula is C12H9ClN2O3S. The van der Waals surface area contributed by atoms with Crippen LogP contribution in [0.25, 0.3) is 0 Å². The Morgan fingerprint density at radius 3 is 2.84 bits per heavy atom. The molecule has 1 aromatic heterocycles. The number of amides is 1. The van der Waals surface area contributed by atoms with E-state index >= 15 is 0 Å². The fourth-order valence-corrected chi connectivity index (χ4v) is 2.40. The van der Waals surface area contributed by atoms with Gasteiger partial charge in [-0.15, -0.1) is 11.3 Å². The summed E-state index contributed by atoms with van der Waals surface area (Å²) in [5, 5.41) is 15.3. The number of nitro benzene ring substituents is 1. The van der Waals surface area contributed by atoms with E-state index in [-0.39, 0.29) is 23.0 Å². The predicted octanol–water partition coefficient (Wildman–Crippen LogP) is 3.49. The summed E-state index contributed by atoms with van der Waals surface area (Å²) in [5.41, 5.74) is 0.133. The Bertz CT molecular complexity index is 613. The second kappa shape index (κ2) is 5.81. The molecule has 7 heteroatoms. The summed E-state index contributed by atoms with van der Waals surface area (Å²) in [6.07, 6.45) is 0.244. The first-order valence-corrected chi connectivity index (χ1v) is 6.58. The number of hydrogen-bond donors (Lipinski definition) is 1. The molecule has 1 heterocycles. The topological polar surface area (TPSA) is 72.2 Å². The van der Waals surface area contributed by atoms with E-state index in [2.05, 4.69) is 5.32 Å². The van der Waals surface area contributed by atoms with Gasteiger partial charge in [0.15, 0.2) is 0 Å². The first-order valence-electron chi connectivity index (χ1n) is 5.32. The number of carbonyl (C=O) groups excluding carboxylic acids is 1. The molecule has 19 heavy (non-hydrogen) atoms. The molecule has 0 spiro atoms. The molecular weight excluding hydrogens is 288 g/mol. The summed E-state index contributed by atoms with van der Waals surface area (Å²) in [6, 6.07) is 7.88. The third-order valence-electron chi connectivity index (χ3n) is 2.34. The van der Waals surface area contributed by atoms with Crippen LogP contribution in [-0.2, 0) is 11.2 Å². The minimum atomic E-state index is -0.586. The zero-order chi connectivity index (χ0) is 13.8. The van der Waals surface area contributed by atoms with Crippen molar-refractivity contribution < 1.29 is 9.72 Å². The van der Waals surface area contributed by atoms with E-state index in [1.165, 1.54) is 29.5 Å². The predicted molar refractivity (Wildman–Crippen MR) is 74.8 cm³/mol. The standard InChI is InChI=1S/C12H9ClN2O3S/c13-10-4-3-8(6-11(10)15(17)18)14-12(16)7-9-2-1-5-19-9/h1-6H,7H2,(H,14,16). The second-order valence-corrected chi connectivity index (χ2v) is 5.17. The molecule has 0 bridgehead atoms. The quantitative estimate of drug-likeness (QED) is 0.693. The number of nitrogens with zero attached hydrogens (tertiary/aromatic N) is 1. The SMILES string of the molecule is O=C(Cc1cccs1)Nc1ccc(Cl)c([N+](=O)[O-])c1. The number of halogens is 1. The number of anilines is 1. The van der Waals surface area contributed by atoms with E-state index < -0.39 is 4.92 Å². The average Bonchev–Trinajstić information content (AvgIpc) is 2.84. The first kappa shape index (κ1) is 13.5. The van der Waals surface area contributed by atoms with E-state index in [1.807, 2.05) is 17.5 Å². The molecule has 5 nitrogen and oxygen atoms in total. The molecule has 0 fully saturated rings. The van der Waals surface area contributed by atoms with Gasteiger partial charge < -0.3 is 5.32 Å². The Balaban J connectivity index is 2.09. The Morgan fingerprint density at radius 2 is 2.21 bits per heavy atom. The molecule has 2 rings (SSSR count). The lowest BCUT2D eigenvalue weighted by Crippen LogP contribution is -2.13. The number of thiophene rings is 1. The highest BCUT2D eigenvalue weighted by Gasteiger charge is 2.14. The van der Waals surface area contributed by atoms with Crippen molar-refractivity contribution in [3.8, 4) is 0 Å². The molecule has 2 aromatic rings. The first-order chi connectivity index (χ1) is 9.06. The maximum Gasteiger partial charge on any atom is 0.289 e. The molecule has 0 aliphatic heterocycles. The van der Waals surface area contributed by atoms with Crippen molar-refractivity contribution in [1.82, 2.24) is 0 Å². The van der Waals surface area contributed by atoms with Crippen LogP contribution in [0.2, 0.25) is 5.02 Å². The largest absolute Gasteiger partial charge is 0.326 e. The van der Waals surface area contributed by atoms with Gasteiger partial charge >= 0.3 is 0 Å². The molecule has 1 N–H and O–H groups in total. The summed E-state index contributed by atoms with van der Waals surface area (Å²) >= 11 is 7.17. The van der Waals surface area contributed by atoms with Gasteiger partial charge in [0.05, 0.1) is 11.3 Å². The van der Waals surface area contributed by atoms with Crippen molar-refractivity contribution >= 4 is 40.2 Å². The third kappa shape index (κ3) is 3.52. The summed E-state index contributed by atoms with van der Waals surface area (Å²) in [4.78, 5) is 22.8. The van der Waals surface area contributed by atoms with E-state index in [9.17, 15) is 14.9 Å². The highest BCUT2D eigenvalue weighted by Crippen LogP contribution is 2.27. The van der Waals surface area contributed by atoms with Gasteiger partial charge in [0.1, 0.15) is 5.02 Å². The zero-order valence-corrected chi connectivity index (χ0v) is 11.2. The Hall–Kier alpha value is -1.92. The Morgan fingerprint density at radius 1 is 1.42 bits per heavy atom. The van der Waals surface area contributed by atoms with Crippen LogP contribution < -0.4 is 5.32 Å². The molecule has 0 radical (unpaired) electrons. The van der Waals surface area contributed by atoms with Gasteiger partial charge in [-0.1, -0.05) is 17.7 Å². The second-order valence-electron chi connectivity index (χ2n) is 3.73. The summed E-state index contributed by atoms with van der Waals surface area (Å²) < 4.78 is 0. The van der Waals surface area contributed by atoms with E-state index in [1.54, 1.807) is 0 Å². The molecule has 0 aliphatic rings. The van der Waals surface area contributed by atoms with Gasteiger partial charge in [-0.25, -0.2) is 0 Å². The zero-order valence-electron chi connectivity index (χ0n) is 9.63. The van der Waals surface area contributed by atoms with Gasteiger partial charge in [0.2, 0.25) is 5.91 Å². The number of hydrogen-bond acceptors (Lipinski definition) is 4. The van der Waals surface area contributed by atoms with Crippen LogP contribution in [0.15, 0.2) is 35.7 Å². The van der Waals surface area contributed by atoms with Crippen molar-refractivity contribution in [2.75, 3.05) is 5.32 Å². The van der Waals surface area contributed by atoms with Crippen molar-refractivity contribution in [2.45, 2.75) is 6.42 Å². The Labute approximate surface area is 118 Å². The highest BCUT2D eigenvalue weighted by atomic mass is 35.5. The minimum absolute atomic E-state index is 0.0428. The van der Waals surface area contributed by atoms with E-state index in [0.717, 1.165) is 4.88 Å². The molecule has 98 valence electrons. The lowest BCUT2D eigenvalue weighted by atomic mass is 10.2. The number of nitro groups is 1. The van der Waals surface area contributed by atoms with Gasteiger partial charge in [0.25, 0.3) is 5.69 Å². The third-order valence-corrected chi connectivity index (χ3v) is 3.54. The van der Waals surface area contributed by atoms with E-state index in [0.29, 0.717) is 5.69 Å². The maximum atomic E-state index is 11.7.